The van der Waals surface area contributed by atoms with E-state index in [9.17, 15) is 15.0 Å². The van der Waals surface area contributed by atoms with Gasteiger partial charge in [0.15, 0.2) is 0 Å². The summed E-state index contributed by atoms with van der Waals surface area (Å²) in [7, 11) is 0. The van der Waals surface area contributed by atoms with Gasteiger partial charge in [-0.1, -0.05) is 36.4 Å². The standard InChI is InChI=1S/C17H18O3/c1-12(18)15(10-13-6-2-4-8-16(13)19)11-14-7-3-5-9-17(14)20/h2-9,15,19-20H,10-11H2,1H3. The summed E-state index contributed by atoms with van der Waals surface area (Å²) in [4.78, 5) is 11.8. The summed E-state index contributed by atoms with van der Waals surface area (Å²) >= 11 is 0. The summed E-state index contributed by atoms with van der Waals surface area (Å²) < 4.78 is 0. The Labute approximate surface area is 118 Å². The summed E-state index contributed by atoms with van der Waals surface area (Å²) in [5.41, 5.74) is 1.51. The molecule has 3 nitrogen and oxygen atoms in total. The minimum atomic E-state index is -0.253. The number of carbonyl (C=O) groups excluding carboxylic acids is 1. The van der Waals surface area contributed by atoms with Gasteiger partial charge < -0.3 is 10.2 Å². The van der Waals surface area contributed by atoms with Crippen molar-refractivity contribution in [3.63, 3.8) is 0 Å². The molecule has 0 spiro atoms. The highest BCUT2D eigenvalue weighted by molar-refractivity contribution is 5.79. The van der Waals surface area contributed by atoms with Gasteiger partial charge in [0.05, 0.1) is 0 Å². The molecular weight excluding hydrogens is 252 g/mol. The minimum absolute atomic E-state index is 0.0523. The molecule has 0 atom stereocenters. The van der Waals surface area contributed by atoms with Gasteiger partial charge in [-0.3, -0.25) is 4.79 Å². The van der Waals surface area contributed by atoms with Crippen molar-refractivity contribution in [3.05, 3.63) is 59.7 Å². The van der Waals surface area contributed by atoms with Crippen molar-refractivity contribution in [1.29, 1.82) is 0 Å². The first-order chi connectivity index (χ1) is 9.58. The van der Waals surface area contributed by atoms with Crippen molar-refractivity contribution in [2.75, 3.05) is 0 Å². The smallest absolute Gasteiger partial charge is 0.133 e. The first kappa shape index (κ1) is 14.1. The van der Waals surface area contributed by atoms with E-state index in [4.69, 9.17) is 0 Å². The van der Waals surface area contributed by atoms with Gasteiger partial charge in [0.2, 0.25) is 0 Å². The van der Waals surface area contributed by atoms with Crippen LogP contribution in [0.15, 0.2) is 48.5 Å². The number of Topliss-reactive ketones (excluding diaryl/α,β-unsaturated/α-hetero) is 1. The predicted molar refractivity (Wildman–Crippen MR) is 77.8 cm³/mol. The zero-order valence-electron chi connectivity index (χ0n) is 11.4. The molecule has 0 aliphatic rings. The molecule has 0 radical (unpaired) electrons. The number of phenols is 2. The molecule has 0 bridgehead atoms. The number of aromatic hydroxyl groups is 2. The molecule has 20 heavy (non-hydrogen) atoms. The zero-order chi connectivity index (χ0) is 14.5. The molecular formula is C17H18O3. The fraction of sp³-hybridized carbons (Fsp3) is 0.235. The van der Waals surface area contributed by atoms with Crippen molar-refractivity contribution in [2.24, 2.45) is 5.92 Å². The van der Waals surface area contributed by atoms with Gasteiger partial charge in [-0.25, -0.2) is 0 Å². The van der Waals surface area contributed by atoms with Crippen LogP contribution in [0, 0.1) is 5.92 Å². The molecule has 0 saturated carbocycles. The Kier molecular flexibility index (Phi) is 4.41. The minimum Gasteiger partial charge on any atom is -0.508 e. The van der Waals surface area contributed by atoms with E-state index in [1.807, 2.05) is 24.3 Å². The normalized spacial score (nSPS) is 10.7. The number of para-hydroxylation sites is 2. The largest absolute Gasteiger partial charge is 0.508 e. The Hall–Kier alpha value is -2.29. The fourth-order valence-corrected chi connectivity index (χ4v) is 2.26. The molecule has 0 heterocycles. The molecule has 0 amide bonds. The lowest BCUT2D eigenvalue weighted by molar-refractivity contribution is -0.120. The van der Waals surface area contributed by atoms with E-state index >= 15 is 0 Å². The van der Waals surface area contributed by atoms with E-state index in [0.717, 1.165) is 11.1 Å². The van der Waals surface area contributed by atoms with Gasteiger partial charge in [0, 0.05) is 5.92 Å². The highest BCUT2D eigenvalue weighted by Gasteiger charge is 2.18. The van der Waals surface area contributed by atoms with E-state index in [1.54, 1.807) is 31.2 Å². The molecule has 3 heteroatoms. The van der Waals surface area contributed by atoms with E-state index in [1.165, 1.54) is 0 Å². The Morgan fingerprint density at radius 3 is 1.65 bits per heavy atom. The summed E-state index contributed by atoms with van der Waals surface area (Å²) in [5.74, 6) is 0.208. The van der Waals surface area contributed by atoms with Crippen molar-refractivity contribution < 1.29 is 15.0 Å². The third-order valence-electron chi connectivity index (χ3n) is 3.49. The van der Waals surface area contributed by atoms with Crippen LogP contribution in [0.1, 0.15) is 18.1 Å². The molecule has 2 aromatic carbocycles. The van der Waals surface area contributed by atoms with E-state index in [-0.39, 0.29) is 23.2 Å². The molecule has 104 valence electrons. The second-order valence-electron chi connectivity index (χ2n) is 4.97. The van der Waals surface area contributed by atoms with Crippen LogP contribution in [0.4, 0.5) is 0 Å². The second-order valence-corrected chi connectivity index (χ2v) is 4.97. The summed E-state index contributed by atoms with van der Waals surface area (Å²) in [6, 6.07) is 14.1. The van der Waals surface area contributed by atoms with Gasteiger partial charge in [-0.15, -0.1) is 0 Å². The number of benzene rings is 2. The molecule has 0 aliphatic carbocycles. The van der Waals surface area contributed by atoms with E-state index in [0.29, 0.717) is 12.8 Å². The summed E-state index contributed by atoms with van der Waals surface area (Å²) in [6.07, 6.45) is 0.937. The summed E-state index contributed by atoms with van der Waals surface area (Å²) in [6.45, 7) is 1.55. The van der Waals surface area contributed by atoms with Crippen LogP contribution in [0.2, 0.25) is 0 Å². The van der Waals surface area contributed by atoms with E-state index in [2.05, 4.69) is 0 Å². The SMILES string of the molecule is CC(=O)C(Cc1ccccc1O)Cc1ccccc1O. The first-order valence-corrected chi connectivity index (χ1v) is 6.62. The van der Waals surface area contributed by atoms with Gasteiger partial charge in [-0.2, -0.15) is 0 Å². The zero-order valence-corrected chi connectivity index (χ0v) is 11.4. The molecule has 0 saturated heterocycles. The van der Waals surface area contributed by atoms with E-state index < -0.39 is 0 Å². The van der Waals surface area contributed by atoms with Gasteiger partial charge in [0.1, 0.15) is 17.3 Å². The predicted octanol–water partition coefficient (Wildman–Crippen LogP) is 3.09. The van der Waals surface area contributed by atoms with Crippen LogP contribution in [0.3, 0.4) is 0 Å². The van der Waals surface area contributed by atoms with Crippen molar-refractivity contribution >= 4 is 5.78 Å². The van der Waals surface area contributed by atoms with Crippen LogP contribution < -0.4 is 0 Å². The maximum atomic E-state index is 11.8. The van der Waals surface area contributed by atoms with Crippen LogP contribution >= 0.6 is 0 Å². The molecule has 0 fully saturated rings. The first-order valence-electron chi connectivity index (χ1n) is 6.62. The summed E-state index contributed by atoms with van der Waals surface area (Å²) in [5, 5.41) is 19.6. The number of phenolic OH excluding ortho intramolecular Hbond substituents is 2. The second kappa shape index (κ2) is 6.24. The lowest BCUT2D eigenvalue weighted by Gasteiger charge is -2.15. The Balaban J connectivity index is 2.19. The Bertz CT molecular complexity index is 557. The van der Waals surface area contributed by atoms with Gasteiger partial charge in [0.25, 0.3) is 0 Å². The average molecular weight is 270 g/mol. The van der Waals surface area contributed by atoms with Crippen LogP contribution in [0.25, 0.3) is 0 Å². The van der Waals surface area contributed by atoms with Crippen LogP contribution in [-0.4, -0.2) is 16.0 Å². The monoisotopic (exact) mass is 270 g/mol. The molecule has 0 aromatic heterocycles. The average Bonchev–Trinajstić information content (AvgIpc) is 2.42. The molecule has 2 aromatic rings. The highest BCUT2D eigenvalue weighted by Crippen LogP contribution is 2.25. The Morgan fingerprint density at radius 1 is 0.900 bits per heavy atom. The molecule has 2 rings (SSSR count). The third-order valence-corrected chi connectivity index (χ3v) is 3.49. The quantitative estimate of drug-likeness (QED) is 0.877. The van der Waals surface area contributed by atoms with Crippen molar-refractivity contribution in [2.45, 2.75) is 19.8 Å². The number of ketones is 1. The van der Waals surface area contributed by atoms with Crippen molar-refractivity contribution in [3.8, 4) is 11.5 Å². The lowest BCUT2D eigenvalue weighted by Crippen LogP contribution is -2.17. The fourth-order valence-electron chi connectivity index (χ4n) is 2.26. The molecule has 2 N–H and O–H groups in total. The van der Waals surface area contributed by atoms with Gasteiger partial charge >= 0.3 is 0 Å². The van der Waals surface area contributed by atoms with Crippen LogP contribution in [0.5, 0.6) is 11.5 Å². The number of carbonyl (C=O) groups is 1. The highest BCUT2D eigenvalue weighted by atomic mass is 16.3. The third kappa shape index (κ3) is 3.38. The Morgan fingerprint density at radius 2 is 1.30 bits per heavy atom. The number of hydrogen-bond donors (Lipinski definition) is 2. The molecule has 0 unspecified atom stereocenters. The maximum Gasteiger partial charge on any atom is 0.133 e. The van der Waals surface area contributed by atoms with Gasteiger partial charge in [-0.05, 0) is 43.0 Å². The number of rotatable bonds is 5. The van der Waals surface area contributed by atoms with Crippen molar-refractivity contribution in [1.82, 2.24) is 0 Å². The topological polar surface area (TPSA) is 57.5 Å². The maximum absolute atomic E-state index is 11.8. The van der Waals surface area contributed by atoms with Crippen LogP contribution in [-0.2, 0) is 17.6 Å². The molecule has 0 aliphatic heterocycles. The lowest BCUT2D eigenvalue weighted by atomic mass is 9.89. The number of hydrogen-bond acceptors (Lipinski definition) is 3.